The molecule has 0 aliphatic rings. The molecule has 0 spiro atoms. The second kappa shape index (κ2) is 5.74. The summed E-state index contributed by atoms with van der Waals surface area (Å²) in [5.74, 6) is -1.12. The van der Waals surface area contributed by atoms with Gasteiger partial charge in [0.05, 0.1) is 25.5 Å². The van der Waals surface area contributed by atoms with E-state index in [-0.39, 0.29) is 6.42 Å². The number of nitrogens with zero attached hydrogens (tertiary/aromatic N) is 1. The van der Waals surface area contributed by atoms with Crippen LogP contribution in [0.25, 0.3) is 0 Å². The monoisotopic (exact) mass is 257 g/mol. The molecule has 0 saturated carbocycles. The summed E-state index contributed by atoms with van der Waals surface area (Å²) in [5, 5.41) is 9.51. The van der Waals surface area contributed by atoms with E-state index in [1.807, 2.05) is 6.07 Å². The van der Waals surface area contributed by atoms with Crippen LogP contribution >= 0.6 is 23.2 Å². The molecule has 1 rings (SSSR count). The quantitative estimate of drug-likeness (QED) is 0.782. The Labute approximate surface area is 104 Å². The topological polar surface area (TPSA) is 50.1 Å². The Bertz CT molecular complexity index is 420. The van der Waals surface area contributed by atoms with Crippen LogP contribution in [0.1, 0.15) is 17.9 Å². The number of benzene rings is 1. The number of hydrogen-bond acceptors (Lipinski definition) is 3. The third-order valence-corrected chi connectivity index (χ3v) is 2.50. The van der Waals surface area contributed by atoms with Gasteiger partial charge in [-0.25, -0.2) is 0 Å². The van der Waals surface area contributed by atoms with Gasteiger partial charge in [0.2, 0.25) is 0 Å². The minimum Gasteiger partial charge on any atom is -0.469 e. The smallest absolute Gasteiger partial charge is 0.314 e. The van der Waals surface area contributed by atoms with Crippen molar-refractivity contribution in [1.82, 2.24) is 0 Å². The fourth-order valence-electron chi connectivity index (χ4n) is 1.35. The van der Waals surface area contributed by atoms with Crippen molar-refractivity contribution in [1.29, 1.82) is 5.26 Å². The number of halogens is 2. The first-order valence-corrected chi connectivity index (χ1v) is 5.25. The van der Waals surface area contributed by atoms with Crippen LogP contribution in [0.3, 0.4) is 0 Å². The summed E-state index contributed by atoms with van der Waals surface area (Å²) in [6.45, 7) is 0. The molecule has 1 atom stereocenters. The highest BCUT2D eigenvalue weighted by Crippen LogP contribution is 2.27. The summed E-state index contributed by atoms with van der Waals surface area (Å²) >= 11 is 11.6. The van der Waals surface area contributed by atoms with E-state index >= 15 is 0 Å². The van der Waals surface area contributed by atoms with Crippen molar-refractivity contribution in [3.63, 3.8) is 0 Å². The Kier molecular flexibility index (Phi) is 4.60. The van der Waals surface area contributed by atoms with Gasteiger partial charge in [0, 0.05) is 10.0 Å². The molecule has 16 heavy (non-hydrogen) atoms. The molecule has 0 saturated heterocycles. The highest BCUT2D eigenvalue weighted by Gasteiger charge is 2.21. The molecule has 0 heterocycles. The average molecular weight is 258 g/mol. The maximum absolute atomic E-state index is 11.5. The predicted octanol–water partition coefficient (Wildman–Crippen LogP) is 3.16. The van der Waals surface area contributed by atoms with Gasteiger partial charge in [0.1, 0.15) is 0 Å². The van der Waals surface area contributed by atoms with Crippen LogP contribution in [0, 0.1) is 11.3 Å². The van der Waals surface area contributed by atoms with Gasteiger partial charge in [-0.1, -0.05) is 23.2 Å². The number of carbonyl (C=O) groups is 1. The summed E-state index contributed by atoms with van der Waals surface area (Å²) in [6.07, 6.45) is 0.0311. The van der Waals surface area contributed by atoms with E-state index in [9.17, 15) is 4.79 Å². The SMILES string of the molecule is COC(=O)C(CC#N)c1cc(Cl)cc(Cl)c1. The lowest BCUT2D eigenvalue weighted by atomic mass is 9.96. The zero-order valence-corrected chi connectivity index (χ0v) is 10.0. The van der Waals surface area contributed by atoms with Gasteiger partial charge in [0.15, 0.2) is 0 Å². The fourth-order valence-corrected chi connectivity index (χ4v) is 1.89. The predicted molar refractivity (Wildman–Crippen MR) is 61.4 cm³/mol. The molecule has 0 fully saturated rings. The molecule has 5 heteroatoms. The van der Waals surface area contributed by atoms with Crippen molar-refractivity contribution in [3.05, 3.63) is 33.8 Å². The molecule has 0 bridgehead atoms. The molecule has 1 unspecified atom stereocenters. The van der Waals surface area contributed by atoms with Crippen molar-refractivity contribution in [2.24, 2.45) is 0 Å². The van der Waals surface area contributed by atoms with Crippen LogP contribution in [0.4, 0.5) is 0 Å². The van der Waals surface area contributed by atoms with E-state index in [1.165, 1.54) is 7.11 Å². The van der Waals surface area contributed by atoms with E-state index in [1.54, 1.807) is 18.2 Å². The Balaban J connectivity index is 3.11. The third kappa shape index (κ3) is 3.13. The number of methoxy groups -OCH3 is 1. The summed E-state index contributed by atoms with van der Waals surface area (Å²) < 4.78 is 4.62. The van der Waals surface area contributed by atoms with E-state index in [0.29, 0.717) is 15.6 Å². The van der Waals surface area contributed by atoms with Crippen molar-refractivity contribution in [2.45, 2.75) is 12.3 Å². The van der Waals surface area contributed by atoms with Crippen molar-refractivity contribution in [2.75, 3.05) is 7.11 Å². The molecule has 0 aromatic heterocycles. The molecule has 84 valence electrons. The highest BCUT2D eigenvalue weighted by atomic mass is 35.5. The van der Waals surface area contributed by atoms with Crippen molar-refractivity contribution in [3.8, 4) is 6.07 Å². The van der Waals surface area contributed by atoms with E-state index in [2.05, 4.69) is 4.74 Å². The normalized spacial score (nSPS) is 11.6. The number of nitriles is 1. The van der Waals surface area contributed by atoms with Crippen LogP contribution in [-0.2, 0) is 9.53 Å². The largest absolute Gasteiger partial charge is 0.469 e. The maximum Gasteiger partial charge on any atom is 0.314 e. The summed E-state index contributed by atoms with van der Waals surface area (Å²) in [5.41, 5.74) is 0.589. The summed E-state index contributed by atoms with van der Waals surface area (Å²) in [6, 6.07) is 6.70. The van der Waals surface area contributed by atoms with Crippen LogP contribution in [0.5, 0.6) is 0 Å². The van der Waals surface area contributed by atoms with Gasteiger partial charge in [-0.15, -0.1) is 0 Å². The average Bonchev–Trinajstić information content (AvgIpc) is 2.23. The number of carbonyl (C=O) groups excluding carboxylic acids is 1. The van der Waals surface area contributed by atoms with Crippen LogP contribution < -0.4 is 0 Å². The maximum atomic E-state index is 11.5. The fraction of sp³-hybridized carbons (Fsp3) is 0.273. The van der Waals surface area contributed by atoms with Crippen molar-refractivity contribution >= 4 is 29.2 Å². The van der Waals surface area contributed by atoms with Gasteiger partial charge in [0.25, 0.3) is 0 Å². The molecule has 0 aliphatic carbocycles. The molecular formula is C11H9Cl2NO2. The lowest BCUT2D eigenvalue weighted by Crippen LogP contribution is -2.13. The number of rotatable bonds is 3. The molecule has 3 nitrogen and oxygen atoms in total. The van der Waals surface area contributed by atoms with Gasteiger partial charge in [-0.2, -0.15) is 5.26 Å². The lowest BCUT2D eigenvalue weighted by Gasteiger charge is -2.12. The third-order valence-electron chi connectivity index (χ3n) is 2.07. The minimum atomic E-state index is -0.647. The van der Waals surface area contributed by atoms with Crippen molar-refractivity contribution < 1.29 is 9.53 Å². The van der Waals surface area contributed by atoms with Crippen LogP contribution in [0.15, 0.2) is 18.2 Å². The first-order chi connectivity index (χ1) is 7.58. The van der Waals surface area contributed by atoms with E-state index in [0.717, 1.165) is 0 Å². The zero-order chi connectivity index (χ0) is 12.1. The Morgan fingerprint density at radius 2 is 2.00 bits per heavy atom. The first kappa shape index (κ1) is 12.8. The van der Waals surface area contributed by atoms with Gasteiger partial charge in [-0.05, 0) is 23.8 Å². The van der Waals surface area contributed by atoms with E-state index < -0.39 is 11.9 Å². The number of ether oxygens (including phenoxy) is 1. The second-order valence-electron chi connectivity index (χ2n) is 3.14. The van der Waals surface area contributed by atoms with Crippen LogP contribution in [0.2, 0.25) is 10.0 Å². The summed E-state index contributed by atoms with van der Waals surface area (Å²) in [7, 11) is 1.28. The minimum absolute atomic E-state index is 0.0311. The van der Waals surface area contributed by atoms with Gasteiger partial charge in [-0.3, -0.25) is 4.79 Å². The molecule has 0 amide bonds. The molecule has 1 aromatic carbocycles. The molecule has 0 N–H and O–H groups in total. The summed E-state index contributed by atoms with van der Waals surface area (Å²) in [4.78, 5) is 11.5. The Morgan fingerprint density at radius 1 is 1.44 bits per heavy atom. The molecular weight excluding hydrogens is 249 g/mol. The van der Waals surface area contributed by atoms with Gasteiger partial charge < -0.3 is 4.74 Å². The first-order valence-electron chi connectivity index (χ1n) is 4.49. The van der Waals surface area contributed by atoms with Crippen LogP contribution in [-0.4, -0.2) is 13.1 Å². The lowest BCUT2D eigenvalue weighted by molar-refractivity contribution is -0.142. The van der Waals surface area contributed by atoms with E-state index in [4.69, 9.17) is 28.5 Å². The number of hydrogen-bond donors (Lipinski definition) is 0. The number of esters is 1. The highest BCUT2D eigenvalue weighted by molar-refractivity contribution is 6.34. The zero-order valence-electron chi connectivity index (χ0n) is 8.54. The standard InChI is InChI=1S/C11H9Cl2NO2/c1-16-11(15)10(2-3-14)7-4-8(12)6-9(13)5-7/h4-6,10H,2H2,1H3. The molecule has 1 aromatic rings. The Hall–Kier alpha value is -1.24. The van der Waals surface area contributed by atoms with Gasteiger partial charge >= 0.3 is 5.97 Å². The second-order valence-corrected chi connectivity index (χ2v) is 4.01. The Morgan fingerprint density at radius 3 is 2.44 bits per heavy atom. The molecule has 0 aliphatic heterocycles. The molecule has 0 radical (unpaired) electrons.